The van der Waals surface area contributed by atoms with E-state index in [2.05, 4.69) is 35.3 Å². The van der Waals surface area contributed by atoms with Crippen molar-refractivity contribution in [1.29, 1.82) is 0 Å². The van der Waals surface area contributed by atoms with Gasteiger partial charge in [0.15, 0.2) is 5.82 Å². The van der Waals surface area contributed by atoms with Crippen LogP contribution in [0.25, 0.3) is 11.3 Å². The number of hydrogen-bond acceptors (Lipinski definition) is 8. The number of aromatic nitrogens is 4. The Morgan fingerprint density at radius 2 is 1.89 bits per heavy atom. The first-order valence-corrected chi connectivity index (χ1v) is 8.98. The van der Waals surface area contributed by atoms with Crippen molar-refractivity contribution in [3.05, 3.63) is 48.8 Å². The highest BCUT2D eigenvalue weighted by atomic mass is 16.3. The maximum Gasteiger partial charge on any atom is 0.225 e. The van der Waals surface area contributed by atoms with Crippen LogP contribution in [0, 0.1) is 0 Å². The number of anilines is 3. The third-order valence-corrected chi connectivity index (χ3v) is 5.09. The lowest BCUT2D eigenvalue weighted by molar-refractivity contribution is 0.477. The number of phenolic OH excluding ortho intramolecular Hbond substituents is 1. The van der Waals surface area contributed by atoms with E-state index in [1.165, 1.54) is 0 Å². The minimum atomic E-state index is 0.207. The molecule has 1 fully saturated rings. The second-order valence-electron chi connectivity index (χ2n) is 6.70. The second kappa shape index (κ2) is 6.39. The topological polar surface area (TPSA) is 90.3 Å². The van der Waals surface area contributed by atoms with Crippen molar-refractivity contribution >= 4 is 17.5 Å². The lowest BCUT2D eigenvalue weighted by Gasteiger charge is -2.45. The summed E-state index contributed by atoms with van der Waals surface area (Å²) in [7, 11) is 0. The molecule has 0 aliphatic carbocycles. The van der Waals surface area contributed by atoms with Crippen LogP contribution < -0.4 is 15.1 Å². The van der Waals surface area contributed by atoms with E-state index >= 15 is 0 Å². The Kier molecular flexibility index (Phi) is 3.74. The average Bonchev–Trinajstić information content (AvgIpc) is 2.74. The van der Waals surface area contributed by atoms with Gasteiger partial charge in [-0.25, -0.2) is 9.97 Å². The molecule has 2 aliphatic heterocycles. The number of benzene rings is 1. The van der Waals surface area contributed by atoms with Gasteiger partial charge in [0.25, 0.3) is 0 Å². The molecule has 8 nitrogen and oxygen atoms in total. The molecule has 4 heterocycles. The Morgan fingerprint density at radius 3 is 2.74 bits per heavy atom. The molecule has 8 heteroatoms. The van der Waals surface area contributed by atoms with Crippen molar-refractivity contribution in [1.82, 2.24) is 20.2 Å². The number of piperazine rings is 1. The molecule has 27 heavy (non-hydrogen) atoms. The normalized spacial score (nSPS) is 18.4. The van der Waals surface area contributed by atoms with Crippen LogP contribution in [0.3, 0.4) is 0 Å². The number of phenols is 1. The Balaban J connectivity index is 1.45. The van der Waals surface area contributed by atoms with Gasteiger partial charge in [0.05, 0.1) is 17.4 Å². The number of hydrogen-bond donors (Lipinski definition) is 2. The predicted molar refractivity (Wildman–Crippen MR) is 103 cm³/mol. The molecule has 2 aliphatic rings. The molecule has 5 rings (SSSR count). The lowest BCUT2D eigenvalue weighted by Crippen LogP contribution is -2.58. The van der Waals surface area contributed by atoms with Crippen molar-refractivity contribution < 1.29 is 5.11 Å². The van der Waals surface area contributed by atoms with Crippen LogP contribution in [0.4, 0.5) is 17.5 Å². The van der Waals surface area contributed by atoms with Crippen LogP contribution in [0.15, 0.2) is 48.8 Å². The number of nitrogens with zero attached hydrogens (tertiary/aromatic N) is 6. The van der Waals surface area contributed by atoms with Gasteiger partial charge in [0, 0.05) is 44.1 Å². The highest BCUT2D eigenvalue weighted by Crippen LogP contribution is 2.36. The lowest BCUT2D eigenvalue weighted by atomic mass is 10.1. The molecular formula is C19H19N7O. The first-order chi connectivity index (χ1) is 13.3. The highest BCUT2D eigenvalue weighted by molar-refractivity contribution is 5.76. The summed E-state index contributed by atoms with van der Waals surface area (Å²) in [4.78, 5) is 13.3. The molecule has 1 atom stereocenters. The molecule has 0 unspecified atom stereocenters. The van der Waals surface area contributed by atoms with Crippen LogP contribution in [0.2, 0.25) is 0 Å². The van der Waals surface area contributed by atoms with Crippen molar-refractivity contribution in [2.75, 3.05) is 41.3 Å². The van der Waals surface area contributed by atoms with E-state index in [0.29, 0.717) is 11.3 Å². The van der Waals surface area contributed by atoms with Gasteiger partial charge in [-0.2, -0.15) is 0 Å². The van der Waals surface area contributed by atoms with Gasteiger partial charge in [0.2, 0.25) is 5.95 Å². The monoisotopic (exact) mass is 361 g/mol. The minimum Gasteiger partial charge on any atom is -0.507 e. The van der Waals surface area contributed by atoms with Gasteiger partial charge in [-0.1, -0.05) is 12.1 Å². The van der Waals surface area contributed by atoms with E-state index in [1.54, 1.807) is 24.5 Å². The number of rotatable bonds is 2. The van der Waals surface area contributed by atoms with Gasteiger partial charge in [-0.15, -0.1) is 10.2 Å². The molecule has 1 saturated heterocycles. The fourth-order valence-electron chi connectivity index (χ4n) is 3.75. The maximum atomic E-state index is 10.1. The molecule has 0 bridgehead atoms. The third kappa shape index (κ3) is 2.79. The Labute approximate surface area is 156 Å². The zero-order valence-corrected chi connectivity index (χ0v) is 14.7. The Morgan fingerprint density at radius 1 is 1.04 bits per heavy atom. The summed E-state index contributed by atoms with van der Waals surface area (Å²) in [6.45, 7) is 3.32. The van der Waals surface area contributed by atoms with Crippen molar-refractivity contribution in [3.8, 4) is 17.0 Å². The van der Waals surface area contributed by atoms with Crippen LogP contribution in [0.1, 0.15) is 0 Å². The van der Waals surface area contributed by atoms with Crippen LogP contribution in [-0.2, 0) is 0 Å². The van der Waals surface area contributed by atoms with Crippen LogP contribution >= 0.6 is 0 Å². The summed E-state index contributed by atoms with van der Waals surface area (Å²) in [5.41, 5.74) is 2.38. The third-order valence-electron chi connectivity index (χ3n) is 5.09. The standard InChI is InChI=1S/C19H19N7O/c27-17-5-2-1-4-14(17)15-10-16-18(24-23-15)22-11-13-12-25(8-9-26(13)16)19-20-6-3-7-21-19/h1-7,10,13,27H,8-9,11-12H2,(H,22,24)/t13-/m0/s1. The summed E-state index contributed by atoms with van der Waals surface area (Å²) in [6.07, 6.45) is 3.55. The van der Waals surface area contributed by atoms with Crippen molar-refractivity contribution in [3.63, 3.8) is 0 Å². The minimum absolute atomic E-state index is 0.207. The summed E-state index contributed by atoms with van der Waals surface area (Å²) >= 11 is 0. The summed E-state index contributed by atoms with van der Waals surface area (Å²) < 4.78 is 0. The summed E-state index contributed by atoms with van der Waals surface area (Å²) in [5.74, 6) is 1.76. The second-order valence-corrected chi connectivity index (χ2v) is 6.70. The molecule has 2 aromatic heterocycles. The molecule has 0 amide bonds. The number of nitrogens with one attached hydrogen (secondary N) is 1. The Bertz CT molecular complexity index is 965. The van der Waals surface area contributed by atoms with E-state index in [9.17, 15) is 5.11 Å². The molecular weight excluding hydrogens is 342 g/mol. The molecule has 2 N–H and O–H groups in total. The average molecular weight is 361 g/mol. The van der Waals surface area contributed by atoms with E-state index in [1.807, 2.05) is 24.3 Å². The van der Waals surface area contributed by atoms with Gasteiger partial charge >= 0.3 is 0 Å². The number of para-hydroxylation sites is 1. The van der Waals surface area contributed by atoms with E-state index in [0.717, 1.165) is 43.6 Å². The predicted octanol–water partition coefficient (Wildman–Crippen LogP) is 1.76. The first kappa shape index (κ1) is 15.8. The molecule has 1 aromatic carbocycles. The van der Waals surface area contributed by atoms with Gasteiger partial charge in [-0.3, -0.25) is 0 Å². The van der Waals surface area contributed by atoms with Gasteiger partial charge < -0.3 is 20.2 Å². The fraction of sp³-hybridized carbons (Fsp3) is 0.263. The van der Waals surface area contributed by atoms with E-state index < -0.39 is 0 Å². The largest absolute Gasteiger partial charge is 0.507 e. The Hall–Kier alpha value is -3.42. The zero-order valence-electron chi connectivity index (χ0n) is 14.7. The fourth-order valence-corrected chi connectivity index (χ4v) is 3.75. The van der Waals surface area contributed by atoms with Crippen molar-refractivity contribution in [2.24, 2.45) is 0 Å². The number of aromatic hydroxyl groups is 1. The molecule has 0 saturated carbocycles. The van der Waals surface area contributed by atoms with Gasteiger partial charge in [0.1, 0.15) is 5.75 Å². The van der Waals surface area contributed by atoms with Gasteiger partial charge in [-0.05, 0) is 24.3 Å². The summed E-state index contributed by atoms with van der Waals surface area (Å²) in [6, 6.07) is 11.3. The van der Waals surface area contributed by atoms with E-state index in [4.69, 9.17) is 0 Å². The SMILES string of the molecule is Oc1ccccc1-c1cc2c(nn1)NC[C@H]1CN(c3ncccn3)CCN21. The highest BCUT2D eigenvalue weighted by Gasteiger charge is 2.33. The quantitative estimate of drug-likeness (QED) is 0.714. The molecule has 136 valence electrons. The van der Waals surface area contributed by atoms with E-state index in [-0.39, 0.29) is 11.8 Å². The van der Waals surface area contributed by atoms with Crippen LogP contribution in [0.5, 0.6) is 5.75 Å². The molecule has 0 radical (unpaired) electrons. The summed E-state index contributed by atoms with van der Waals surface area (Å²) in [5, 5.41) is 22.2. The number of fused-ring (bicyclic) bond motifs is 3. The smallest absolute Gasteiger partial charge is 0.225 e. The maximum absolute atomic E-state index is 10.1. The van der Waals surface area contributed by atoms with Crippen molar-refractivity contribution in [2.45, 2.75) is 6.04 Å². The molecule has 0 spiro atoms. The van der Waals surface area contributed by atoms with Crippen LogP contribution in [-0.4, -0.2) is 57.5 Å². The first-order valence-electron chi connectivity index (χ1n) is 8.98. The molecule has 3 aromatic rings. The zero-order chi connectivity index (χ0) is 18.2.